The van der Waals surface area contributed by atoms with E-state index in [-0.39, 0.29) is 30.2 Å². The van der Waals surface area contributed by atoms with E-state index in [0.717, 1.165) is 21.6 Å². The highest BCUT2D eigenvalue weighted by Gasteiger charge is 2.57. The summed E-state index contributed by atoms with van der Waals surface area (Å²) in [6, 6.07) is 39.4. The first-order chi connectivity index (χ1) is 27.5. The number of β-lactam (4-membered cyclic amide) rings is 1. The summed E-state index contributed by atoms with van der Waals surface area (Å²) >= 11 is 0. The summed E-state index contributed by atoms with van der Waals surface area (Å²) in [4.78, 5) is 43.9. The van der Waals surface area contributed by atoms with E-state index in [1.807, 2.05) is 85.2 Å². The number of carbonyl (C=O) groups excluding carboxylic acids is 3. The maximum Gasteiger partial charge on any atom is 0.262 e. The van der Waals surface area contributed by atoms with Gasteiger partial charge in [0.15, 0.2) is 0 Å². The molecule has 0 saturated carbocycles. The fourth-order valence-corrected chi connectivity index (χ4v) is 7.09. The summed E-state index contributed by atoms with van der Waals surface area (Å²) in [6.45, 7) is 1.62. The predicted molar refractivity (Wildman–Crippen MR) is 204 cm³/mol. The van der Waals surface area contributed by atoms with Gasteiger partial charge in [-0.2, -0.15) is 0 Å². The van der Waals surface area contributed by atoms with E-state index in [9.17, 15) is 14.4 Å². The number of fused-ring (bicyclic) bond motifs is 1. The fraction of sp³-hybridized carbons (Fsp3) is 0.140. The quantitative estimate of drug-likeness (QED) is 0.105. The Hall–Kier alpha value is -7.41. The SMILES string of the molecule is O=C1c2ccccc2C(=O)N1[C@H]1C(=O)N(c2ccc(OCc3cn(Cc4ccccc4)nn3)cc2)[C@@H]1c1ccc(OCc2cn(Cc3ccccc3)nn2)cc1. The smallest absolute Gasteiger partial charge is 0.262 e. The largest absolute Gasteiger partial charge is 0.487 e. The first-order valence-corrected chi connectivity index (χ1v) is 18.1. The second-order valence-electron chi connectivity index (χ2n) is 13.6. The Labute approximate surface area is 321 Å². The lowest BCUT2D eigenvalue weighted by Gasteiger charge is -2.49. The van der Waals surface area contributed by atoms with Crippen LogP contribution in [0.5, 0.6) is 11.5 Å². The van der Waals surface area contributed by atoms with Gasteiger partial charge in [-0.25, -0.2) is 9.36 Å². The van der Waals surface area contributed by atoms with Crippen molar-refractivity contribution in [2.75, 3.05) is 4.90 Å². The van der Waals surface area contributed by atoms with Gasteiger partial charge in [0.2, 0.25) is 0 Å². The van der Waals surface area contributed by atoms with Gasteiger partial charge in [0.25, 0.3) is 17.7 Å². The second kappa shape index (κ2) is 14.8. The van der Waals surface area contributed by atoms with Crippen LogP contribution < -0.4 is 14.4 Å². The van der Waals surface area contributed by atoms with Crippen LogP contribution in [0.15, 0.2) is 146 Å². The van der Waals surface area contributed by atoms with Gasteiger partial charge in [0.05, 0.1) is 42.7 Å². The van der Waals surface area contributed by atoms with Crippen molar-refractivity contribution in [1.82, 2.24) is 34.9 Å². The van der Waals surface area contributed by atoms with Crippen LogP contribution in [0.3, 0.4) is 0 Å². The molecule has 2 aromatic heterocycles. The number of hydrogen-bond donors (Lipinski definition) is 0. The monoisotopic (exact) mass is 742 g/mol. The molecule has 2 aliphatic heterocycles. The average Bonchev–Trinajstić information content (AvgIpc) is 3.95. The molecule has 5 aromatic carbocycles. The summed E-state index contributed by atoms with van der Waals surface area (Å²) in [7, 11) is 0. The molecule has 2 aliphatic rings. The van der Waals surface area contributed by atoms with Gasteiger partial charge in [-0.15, -0.1) is 10.2 Å². The molecule has 0 radical (unpaired) electrons. The van der Waals surface area contributed by atoms with Crippen LogP contribution in [0.25, 0.3) is 0 Å². The minimum absolute atomic E-state index is 0.209. The Kier molecular flexibility index (Phi) is 9.07. The van der Waals surface area contributed by atoms with Crippen molar-refractivity contribution < 1.29 is 23.9 Å². The van der Waals surface area contributed by atoms with E-state index in [1.54, 1.807) is 74.9 Å². The number of ether oxygens (including phenoxy) is 2. The number of rotatable bonds is 13. The number of amides is 3. The highest BCUT2D eigenvalue weighted by atomic mass is 16.5. The van der Waals surface area contributed by atoms with E-state index >= 15 is 0 Å². The molecule has 9 rings (SSSR count). The number of aromatic nitrogens is 6. The van der Waals surface area contributed by atoms with E-state index < -0.39 is 23.9 Å². The number of carbonyl (C=O) groups is 3. The maximum absolute atomic E-state index is 14.0. The van der Waals surface area contributed by atoms with Gasteiger partial charge in [0.1, 0.15) is 42.1 Å². The van der Waals surface area contributed by atoms with Crippen molar-refractivity contribution in [3.8, 4) is 11.5 Å². The van der Waals surface area contributed by atoms with Gasteiger partial charge in [-0.1, -0.05) is 95.4 Å². The molecule has 0 bridgehead atoms. The van der Waals surface area contributed by atoms with E-state index in [2.05, 4.69) is 20.6 Å². The van der Waals surface area contributed by atoms with Crippen LogP contribution >= 0.6 is 0 Å². The zero-order valence-electron chi connectivity index (χ0n) is 30.0. The highest BCUT2D eigenvalue weighted by Crippen LogP contribution is 2.45. The molecular formula is C43H34N8O5. The van der Waals surface area contributed by atoms with Gasteiger partial charge in [-0.05, 0) is 65.2 Å². The number of anilines is 1. The summed E-state index contributed by atoms with van der Waals surface area (Å²) in [5.41, 5.74) is 5.47. The topological polar surface area (TPSA) is 138 Å². The molecule has 0 N–H and O–H groups in total. The molecule has 0 aliphatic carbocycles. The lowest BCUT2D eigenvalue weighted by atomic mass is 9.86. The first kappa shape index (κ1) is 34.4. The van der Waals surface area contributed by atoms with Crippen LogP contribution in [0.4, 0.5) is 5.69 Å². The van der Waals surface area contributed by atoms with Crippen LogP contribution in [0.2, 0.25) is 0 Å². The molecular weight excluding hydrogens is 709 g/mol. The molecule has 3 amide bonds. The molecule has 2 atom stereocenters. The number of nitrogens with zero attached hydrogens (tertiary/aromatic N) is 8. The van der Waals surface area contributed by atoms with Crippen molar-refractivity contribution in [2.45, 2.75) is 38.4 Å². The minimum atomic E-state index is -1.04. The van der Waals surface area contributed by atoms with Crippen molar-refractivity contribution in [1.29, 1.82) is 0 Å². The predicted octanol–water partition coefficient (Wildman–Crippen LogP) is 5.88. The van der Waals surface area contributed by atoms with E-state index in [1.165, 1.54) is 0 Å². The Morgan fingerprint density at radius 3 is 1.46 bits per heavy atom. The molecule has 0 spiro atoms. The molecule has 7 aromatic rings. The lowest BCUT2D eigenvalue weighted by molar-refractivity contribution is -0.130. The first-order valence-electron chi connectivity index (χ1n) is 18.1. The maximum atomic E-state index is 14.0. The third kappa shape index (κ3) is 6.77. The fourth-order valence-electron chi connectivity index (χ4n) is 7.09. The molecule has 13 heteroatoms. The number of imide groups is 1. The standard InChI is InChI=1S/C43H34N8O5/c52-41-37-13-7-8-14-38(37)42(53)51(41)40-39(31-15-19-35(20-16-31)55-27-32-25-48(46-44-32)23-29-9-3-1-4-10-29)50(43(40)54)34-17-21-36(22-18-34)56-28-33-26-49(47-45-33)24-30-11-5-2-6-12-30/h1-22,25-26,39-40H,23-24,27-28H2/t39-,40-/m1/s1. The Morgan fingerprint density at radius 2 is 0.964 bits per heavy atom. The lowest BCUT2D eigenvalue weighted by Crippen LogP contribution is -2.67. The summed E-state index contributed by atoms with van der Waals surface area (Å²) in [5.74, 6) is -0.180. The molecule has 0 unspecified atom stereocenters. The van der Waals surface area contributed by atoms with Crippen molar-refractivity contribution in [3.05, 3.63) is 185 Å². The number of benzene rings is 5. The Morgan fingerprint density at radius 1 is 0.500 bits per heavy atom. The third-order valence-electron chi connectivity index (χ3n) is 9.83. The molecule has 1 saturated heterocycles. The zero-order valence-corrected chi connectivity index (χ0v) is 30.0. The molecule has 4 heterocycles. The number of hydrogen-bond acceptors (Lipinski definition) is 9. The van der Waals surface area contributed by atoms with Crippen molar-refractivity contribution in [2.24, 2.45) is 0 Å². The molecule has 1 fully saturated rings. The van der Waals surface area contributed by atoms with Crippen molar-refractivity contribution in [3.63, 3.8) is 0 Å². The molecule has 276 valence electrons. The Bertz CT molecular complexity index is 2480. The third-order valence-corrected chi connectivity index (χ3v) is 9.83. The Balaban J connectivity index is 0.906. The second-order valence-corrected chi connectivity index (χ2v) is 13.6. The van der Waals surface area contributed by atoms with Crippen LogP contribution in [-0.4, -0.2) is 58.7 Å². The van der Waals surface area contributed by atoms with Crippen LogP contribution in [-0.2, 0) is 31.1 Å². The summed E-state index contributed by atoms with van der Waals surface area (Å²) in [6.07, 6.45) is 3.69. The minimum Gasteiger partial charge on any atom is -0.487 e. The van der Waals surface area contributed by atoms with Crippen LogP contribution in [0.1, 0.15) is 54.8 Å². The molecule has 56 heavy (non-hydrogen) atoms. The summed E-state index contributed by atoms with van der Waals surface area (Å²) < 4.78 is 15.6. The normalized spacial score (nSPS) is 16.2. The zero-order chi connectivity index (χ0) is 38.0. The molecule has 13 nitrogen and oxygen atoms in total. The van der Waals surface area contributed by atoms with Gasteiger partial charge < -0.3 is 14.4 Å². The van der Waals surface area contributed by atoms with E-state index in [0.29, 0.717) is 41.7 Å². The van der Waals surface area contributed by atoms with Crippen molar-refractivity contribution >= 4 is 23.4 Å². The summed E-state index contributed by atoms with van der Waals surface area (Å²) in [5, 5.41) is 16.9. The van der Waals surface area contributed by atoms with Gasteiger partial charge in [-0.3, -0.25) is 19.3 Å². The van der Waals surface area contributed by atoms with Gasteiger partial charge in [0, 0.05) is 5.69 Å². The highest BCUT2D eigenvalue weighted by molar-refractivity contribution is 6.24. The van der Waals surface area contributed by atoms with E-state index in [4.69, 9.17) is 9.47 Å². The van der Waals surface area contributed by atoms with Crippen LogP contribution in [0, 0.1) is 0 Å². The van der Waals surface area contributed by atoms with Gasteiger partial charge >= 0.3 is 0 Å². The average molecular weight is 743 g/mol.